The molecule has 6 heteroatoms. The number of nitrogens with zero attached hydrogens (tertiary/aromatic N) is 2. The summed E-state index contributed by atoms with van der Waals surface area (Å²) < 4.78 is 0. The summed E-state index contributed by atoms with van der Waals surface area (Å²) in [6.45, 7) is 0. The van der Waals surface area contributed by atoms with Crippen LogP contribution in [-0.4, -0.2) is 10.4 Å². The highest BCUT2D eigenvalue weighted by molar-refractivity contribution is 5.81. The minimum atomic E-state index is -0.648. The van der Waals surface area contributed by atoms with Crippen molar-refractivity contribution in [3.63, 3.8) is 0 Å². The maximum Gasteiger partial charge on any atom is 0.218 e. The van der Waals surface area contributed by atoms with Gasteiger partial charge in [-0.2, -0.15) is 0 Å². The molecule has 2 aromatic rings. The van der Waals surface area contributed by atoms with E-state index in [9.17, 15) is 9.59 Å². The predicted octanol–water partition coefficient (Wildman–Crippen LogP) is -0.984. The standard InChI is InChI=1S/C10H6N2O4/c13-9-5-3-1-2-4-6(5)10(14)8(12-16)7(9)11-15/h1-4,15-16H/b11-7-,12-8+. The Morgan fingerprint density at radius 1 is 0.812 bits per heavy atom. The molecule has 0 bridgehead atoms. The first kappa shape index (κ1) is 10.0. The maximum atomic E-state index is 11.7. The first-order valence-electron chi connectivity index (χ1n) is 4.33. The fourth-order valence-corrected chi connectivity index (χ4v) is 1.53. The third-order valence-electron chi connectivity index (χ3n) is 2.27. The molecule has 0 radical (unpaired) electrons. The first-order valence-corrected chi connectivity index (χ1v) is 4.33. The van der Waals surface area contributed by atoms with E-state index in [2.05, 4.69) is 10.3 Å². The number of hydrogen-bond donors (Lipinski definition) is 2. The van der Waals surface area contributed by atoms with Gasteiger partial charge in [0.25, 0.3) is 0 Å². The zero-order valence-electron chi connectivity index (χ0n) is 7.91. The van der Waals surface area contributed by atoms with Crippen molar-refractivity contribution < 1.29 is 10.4 Å². The van der Waals surface area contributed by atoms with E-state index in [1.807, 2.05) is 0 Å². The molecule has 0 aliphatic carbocycles. The van der Waals surface area contributed by atoms with Crippen molar-refractivity contribution in [1.82, 2.24) is 0 Å². The molecule has 2 rings (SSSR count). The summed E-state index contributed by atoms with van der Waals surface area (Å²) in [5, 5.41) is 21.8. The molecule has 0 spiro atoms. The third kappa shape index (κ3) is 1.20. The normalized spacial score (nSPS) is 13.5. The van der Waals surface area contributed by atoms with Crippen molar-refractivity contribution in [2.45, 2.75) is 0 Å². The summed E-state index contributed by atoms with van der Waals surface area (Å²) in [6, 6.07) is 6.05. The van der Waals surface area contributed by atoms with Crippen LogP contribution >= 0.6 is 0 Å². The van der Waals surface area contributed by atoms with Crippen LogP contribution in [0.5, 0.6) is 0 Å². The third-order valence-corrected chi connectivity index (χ3v) is 2.27. The Morgan fingerprint density at radius 2 is 1.19 bits per heavy atom. The van der Waals surface area contributed by atoms with Crippen LogP contribution in [0.4, 0.5) is 0 Å². The molecule has 0 atom stereocenters. The molecule has 0 fully saturated rings. The van der Waals surface area contributed by atoms with Crippen LogP contribution in [0.2, 0.25) is 0 Å². The predicted molar refractivity (Wildman–Crippen MR) is 53.6 cm³/mol. The number of rotatable bonds is 0. The lowest BCUT2D eigenvalue weighted by molar-refractivity contribution is 0.286. The van der Waals surface area contributed by atoms with Gasteiger partial charge < -0.3 is 10.4 Å². The van der Waals surface area contributed by atoms with Crippen molar-refractivity contribution in [2.75, 3.05) is 0 Å². The minimum Gasteiger partial charge on any atom is -0.410 e. The van der Waals surface area contributed by atoms with E-state index < -0.39 is 21.6 Å². The van der Waals surface area contributed by atoms with Gasteiger partial charge in [-0.1, -0.05) is 34.6 Å². The SMILES string of the molecule is O=c1c(=N\O)/c(=N\O)c(=O)c2ccccc12. The quantitative estimate of drug-likeness (QED) is 0.438. The Bertz CT molecular complexity index is 703. The molecule has 2 aromatic carbocycles. The summed E-state index contributed by atoms with van der Waals surface area (Å²) in [4.78, 5) is 23.5. The fourth-order valence-electron chi connectivity index (χ4n) is 1.53. The van der Waals surface area contributed by atoms with Crippen LogP contribution in [0.3, 0.4) is 0 Å². The second-order valence-corrected chi connectivity index (χ2v) is 3.10. The van der Waals surface area contributed by atoms with Crippen LogP contribution in [0, 0.1) is 0 Å². The van der Waals surface area contributed by atoms with Crippen molar-refractivity contribution in [3.05, 3.63) is 55.4 Å². The molecule has 0 unspecified atom stereocenters. The van der Waals surface area contributed by atoms with Gasteiger partial charge in [0.2, 0.25) is 10.9 Å². The lowest BCUT2D eigenvalue weighted by Crippen LogP contribution is -2.48. The van der Waals surface area contributed by atoms with E-state index in [-0.39, 0.29) is 10.8 Å². The van der Waals surface area contributed by atoms with Gasteiger partial charge in [0, 0.05) is 10.8 Å². The van der Waals surface area contributed by atoms with Gasteiger partial charge in [-0.15, -0.1) is 0 Å². The summed E-state index contributed by atoms with van der Waals surface area (Å²) in [6.07, 6.45) is 0. The summed E-state index contributed by atoms with van der Waals surface area (Å²) in [7, 11) is 0. The van der Waals surface area contributed by atoms with E-state index in [0.717, 1.165) is 0 Å². The van der Waals surface area contributed by atoms with Crippen molar-refractivity contribution in [3.8, 4) is 0 Å². The smallest absolute Gasteiger partial charge is 0.218 e. The fraction of sp³-hybridized carbons (Fsp3) is 0. The molecule has 0 aromatic heterocycles. The van der Waals surface area contributed by atoms with Crippen molar-refractivity contribution >= 4 is 10.8 Å². The van der Waals surface area contributed by atoms with E-state index in [4.69, 9.17) is 10.4 Å². The van der Waals surface area contributed by atoms with Gasteiger partial charge in [0.05, 0.1) is 0 Å². The van der Waals surface area contributed by atoms with E-state index in [1.54, 1.807) is 12.1 Å². The molecule has 0 aliphatic rings. The van der Waals surface area contributed by atoms with Gasteiger partial charge in [-0.25, -0.2) is 0 Å². The van der Waals surface area contributed by atoms with Crippen LogP contribution in [-0.2, 0) is 0 Å². The molecule has 6 nitrogen and oxygen atoms in total. The highest BCUT2D eigenvalue weighted by Crippen LogP contribution is 2.00. The van der Waals surface area contributed by atoms with Crippen molar-refractivity contribution in [1.29, 1.82) is 0 Å². The molecule has 80 valence electrons. The summed E-state index contributed by atoms with van der Waals surface area (Å²) in [5.41, 5.74) is -1.30. The molecule has 0 amide bonds. The number of hydrogen-bond acceptors (Lipinski definition) is 6. The minimum absolute atomic E-state index is 0.132. The van der Waals surface area contributed by atoms with Crippen LogP contribution in [0.15, 0.2) is 44.2 Å². The second kappa shape index (κ2) is 3.58. The molecular weight excluding hydrogens is 212 g/mol. The second-order valence-electron chi connectivity index (χ2n) is 3.10. The molecule has 0 heterocycles. The van der Waals surface area contributed by atoms with Gasteiger partial charge >= 0.3 is 0 Å². The van der Waals surface area contributed by atoms with Crippen molar-refractivity contribution in [2.24, 2.45) is 10.3 Å². The zero-order valence-corrected chi connectivity index (χ0v) is 7.91. The van der Waals surface area contributed by atoms with Gasteiger partial charge in [0.1, 0.15) is 0 Å². The Labute approximate surface area is 87.7 Å². The zero-order chi connectivity index (χ0) is 11.7. The summed E-state index contributed by atoms with van der Waals surface area (Å²) >= 11 is 0. The van der Waals surface area contributed by atoms with Gasteiger partial charge in [0.15, 0.2) is 10.7 Å². The average Bonchev–Trinajstić information content (AvgIpc) is 2.33. The number of fused-ring (bicyclic) bond motifs is 1. The van der Waals surface area contributed by atoms with Crippen LogP contribution in [0.1, 0.15) is 0 Å². The molecule has 0 saturated heterocycles. The Morgan fingerprint density at radius 3 is 1.50 bits per heavy atom. The molecule has 0 aliphatic heterocycles. The Kier molecular flexibility index (Phi) is 2.24. The first-order chi connectivity index (χ1) is 7.70. The van der Waals surface area contributed by atoms with Crippen LogP contribution < -0.4 is 21.6 Å². The summed E-state index contributed by atoms with van der Waals surface area (Å²) in [5.74, 6) is 0. The Balaban J connectivity index is 3.35. The largest absolute Gasteiger partial charge is 0.410 e. The van der Waals surface area contributed by atoms with Gasteiger partial charge in [-0.3, -0.25) is 9.59 Å². The number of benzene rings is 2. The topological polar surface area (TPSA) is 99.3 Å². The van der Waals surface area contributed by atoms with Crippen LogP contribution in [0.25, 0.3) is 10.8 Å². The molecule has 0 saturated carbocycles. The van der Waals surface area contributed by atoms with E-state index in [0.29, 0.717) is 0 Å². The lowest BCUT2D eigenvalue weighted by atomic mass is 10.1. The molecule has 16 heavy (non-hydrogen) atoms. The van der Waals surface area contributed by atoms with E-state index in [1.165, 1.54) is 12.1 Å². The highest BCUT2D eigenvalue weighted by atomic mass is 16.4. The maximum absolute atomic E-state index is 11.7. The van der Waals surface area contributed by atoms with Gasteiger partial charge in [-0.05, 0) is 0 Å². The molecule has 2 N–H and O–H groups in total. The Hall–Kier alpha value is -2.50. The average molecular weight is 218 g/mol. The van der Waals surface area contributed by atoms with E-state index >= 15 is 0 Å². The monoisotopic (exact) mass is 218 g/mol. The molecular formula is C10H6N2O4. The lowest BCUT2D eigenvalue weighted by Gasteiger charge is -1.93. The highest BCUT2D eigenvalue weighted by Gasteiger charge is 2.09.